The molecule has 0 bridgehead atoms. The number of benzene rings is 1. The van der Waals surface area contributed by atoms with E-state index in [1.165, 1.54) is 28.6 Å². The number of nitrogen functional groups attached to an aromatic ring is 1. The van der Waals surface area contributed by atoms with Crippen LogP contribution < -0.4 is 22.7 Å². The van der Waals surface area contributed by atoms with Crippen LogP contribution in [0, 0.1) is 6.92 Å². The molecule has 2 aliphatic rings. The smallest absolute Gasteiger partial charge is 0.351 e. The molecule has 4 aromatic rings. The van der Waals surface area contributed by atoms with Crippen LogP contribution in [0.3, 0.4) is 0 Å². The molecule has 52 heavy (non-hydrogen) atoms. The Balaban J connectivity index is 0.000000175. The molecule has 7 atom stereocenters. The standard InChI is InChI=1S/C16H19ClN2.C10H12N2O4.C9H13N3O5/c1-19(2)12-10-15(16-5-3-4-11-18-16)13-6-8-14(17)9-7-13;1-6-4-12(10(15)11-9(6)14)8-3-2-7(5-13)16-8;10-5-1-2-12(9(16)11-5)8-7(15)6(14)4(3-13)17-8/h3-9,11,15H,10,12H2,1-2H3;2-4,7-8,13H,5H2,1H3,(H,11,14,15);1-2,4,6-8,13-15H,3H2,(H2,10,11,16)/t;7-,8+;4-,6-,7+,8-/m.01/s1. The second kappa shape index (κ2) is 18.8. The number of nitrogens with two attached hydrogens (primary N) is 1. The fourth-order valence-electron chi connectivity index (χ4n) is 5.41. The molecule has 1 saturated heterocycles. The highest BCUT2D eigenvalue weighted by atomic mass is 35.5. The summed E-state index contributed by atoms with van der Waals surface area (Å²) in [5.41, 5.74) is 6.52. The molecule has 16 nitrogen and oxygen atoms in total. The molecule has 0 radical (unpaired) electrons. The number of pyridine rings is 1. The highest BCUT2D eigenvalue weighted by Gasteiger charge is 2.43. The van der Waals surface area contributed by atoms with Gasteiger partial charge in [0.15, 0.2) is 12.5 Å². The maximum absolute atomic E-state index is 11.5. The van der Waals surface area contributed by atoms with Crippen molar-refractivity contribution in [2.24, 2.45) is 0 Å². The first-order valence-electron chi connectivity index (χ1n) is 16.4. The first-order valence-corrected chi connectivity index (χ1v) is 16.8. The van der Waals surface area contributed by atoms with Gasteiger partial charge in [0.1, 0.15) is 30.2 Å². The zero-order valence-corrected chi connectivity index (χ0v) is 29.7. The van der Waals surface area contributed by atoms with E-state index >= 15 is 0 Å². The lowest BCUT2D eigenvalue weighted by molar-refractivity contribution is -0.0549. The Labute approximate surface area is 304 Å². The molecule has 1 aromatic carbocycles. The molecule has 7 N–H and O–H groups in total. The zero-order valence-electron chi connectivity index (χ0n) is 28.9. The van der Waals surface area contributed by atoms with E-state index in [4.69, 9.17) is 37.0 Å². The lowest BCUT2D eigenvalue weighted by Crippen LogP contribution is -2.36. The van der Waals surface area contributed by atoms with E-state index in [2.05, 4.69) is 52.1 Å². The highest BCUT2D eigenvalue weighted by Crippen LogP contribution is 2.29. The van der Waals surface area contributed by atoms with Crippen molar-refractivity contribution in [3.05, 3.63) is 132 Å². The van der Waals surface area contributed by atoms with Gasteiger partial charge in [0.2, 0.25) is 0 Å². The van der Waals surface area contributed by atoms with Crippen molar-refractivity contribution >= 4 is 17.4 Å². The molecule has 1 fully saturated rings. The molecule has 280 valence electrons. The summed E-state index contributed by atoms with van der Waals surface area (Å²) in [5, 5.41) is 37.8. The monoisotopic (exact) mass is 741 g/mol. The molecule has 2 aliphatic heterocycles. The minimum atomic E-state index is -1.31. The summed E-state index contributed by atoms with van der Waals surface area (Å²) in [7, 11) is 4.19. The first kappa shape index (κ1) is 40.3. The van der Waals surface area contributed by atoms with Gasteiger partial charge in [-0.25, -0.2) is 9.59 Å². The average Bonchev–Trinajstić information content (AvgIpc) is 3.72. The summed E-state index contributed by atoms with van der Waals surface area (Å²) in [6.45, 7) is 2.05. The van der Waals surface area contributed by atoms with Crippen molar-refractivity contribution in [3.8, 4) is 0 Å². The van der Waals surface area contributed by atoms with Gasteiger partial charge in [0.25, 0.3) is 5.56 Å². The van der Waals surface area contributed by atoms with Gasteiger partial charge in [0.05, 0.1) is 13.2 Å². The predicted octanol–water partition coefficient (Wildman–Crippen LogP) is 0.547. The second-order valence-corrected chi connectivity index (χ2v) is 12.8. The van der Waals surface area contributed by atoms with Crippen LogP contribution in [0.25, 0.3) is 0 Å². The number of aliphatic hydroxyl groups excluding tert-OH is 4. The number of H-pyrrole nitrogens is 1. The minimum Gasteiger partial charge on any atom is -0.394 e. The Kier molecular flexibility index (Phi) is 14.6. The van der Waals surface area contributed by atoms with Crippen molar-refractivity contribution < 1.29 is 29.9 Å². The normalized spacial score (nSPS) is 22.7. The molecular formula is C35H44ClN7O9. The minimum absolute atomic E-state index is 0.0537. The van der Waals surface area contributed by atoms with Crippen LogP contribution in [0.15, 0.2) is 93.7 Å². The third kappa shape index (κ3) is 10.5. The van der Waals surface area contributed by atoms with E-state index in [-0.39, 0.29) is 12.4 Å². The lowest BCUT2D eigenvalue weighted by atomic mass is 9.92. The molecular weight excluding hydrogens is 698 g/mol. The van der Waals surface area contributed by atoms with Crippen LogP contribution in [0.2, 0.25) is 5.02 Å². The average molecular weight is 742 g/mol. The zero-order chi connectivity index (χ0) is 37.9. The fourth-order valence-corrected chi connectivity index (χ4v) is 5.53. The molecule has 17 heteroatoms. The topological polar surface area (TPSA) is 231 Å². The van der Waals surface area contributed by atoms with E-state index in [0.29, 0.717) is 11.5 Å². The number of hydrogen-bond acceptors (Lipinski definition) is 13. The van der Waals surface area contributed by atoms with Crippen molar-refractivity contribution in [2.75, 3.05) is 39.6 Å². The van der Waals surface area contributed by atoms with Crippen molar-refractivity contribution in [3.63, 3.8) is 0 Å². The molecule has 0 spiro atoms. The Morgan fingerprint density at radius 3 is 2.29 bits per heavy atom. The van der Waals surface area contributed by atoms with Gasteiger partial charge in [0, 0.05) is 40.8 Å². The van der Waals surface area contributed by atoms with Crippen molar-refractivity contribution in [2.45, 2.75) is 56.1 Å². The number of nitrogens with zero attached hydrogens (tertiary/aromatic N) is 5. The summed E-state index contributed by atoms with van der Waals surface area (Å²) in [6.07, 6.45) is 3.45. The van der Waals surface area contributed by atoms with Crippen LogP contribution in [0.4, 0.5) is 5.82 Å². The molecule has 1 unspecified atom stereocenters. The summed E-state index contributed by atoms with van der Waals surface area (Å²) >= 11 is 5.97. The fraction of sp³-hybridized carbons (Fsp3) is 0.400. The largest absolute Gasteiger partial charge is 0.394 e. The number of aryl methyl sites for hydroxylation is 1. The molecule has 3 aromatic heterocycles. The van der Waals surface area contributed by atoms with Gasteiger partial charge in [-0.15, -0.1) is 0 Å². The van der Waals surface area contributed by atoms with E-state index in [1.807, 2.05) is 30.5 Å². The number of aliphatic hydroxyl groups is 4. The van der Waals surface area contributed by atoms with Crippen molar-refractivity contribution in [1.29, 1.82) is 0 Å². The van der Waals surface area contributed by atoms with Gasteiger partial charge in [-0.3, -0.25) is 23.9 Å². The highest BCUT2D eigenvalue weighted by molar-refractivity contribution is 6.30. The molecule has 6 rings (SSSR count). The summed E-state index contributed by atoms with van der Waals surface area (Å²) in [6, 6.07) is 15.5. The number of ether oxygens (including phenoxy) is 2. The number of aromatic amines is 1. The third-order valence-corrected chi connectivity index (χ3v) is 8.48. The third-order valence-electron chi connectivity index (χ3n) is 8.23. The number of hydrogen-bond donors (Lipinski definition) is 6. The van der Waals surface area contributed by atoms with Gasteiger partial charge < -0.3 is 40.5 Å². The quantitative estimate of drug-likeness (QED) is 0.129. The number of halogens is 1. The van der Waals surface area contributed by atoms with E-state index in [0.717, 1.165) is 28.2 Å². The van der Waals surface area contributed by atoms with Crippen LogP contribution >= 0.6 is 11.6 Å². The summed E-state index contributed by atoms with van der Waals surface area (Å²) in [4.78, 5) is 46.6. The SMILES string of the molecule is CN(C)CCC(c1ccc(Cl)cc1)c1ccccn1.Cc1cn([C@H]2C=C[C@@H](CO)O2)c(=O)[nH]c1=O.Nc1ccn([C@@H]2O[C@H](CO)[C@@H](O)[C@@H]2O)c(=O)n1. The van der Waals surface area contributed by atoms with E-state index in [9.17, 15) is 24.6 Å². The van der Waals surface area contributed by atoms with Crippen molar-refractivity contribution in [1.82, 2.24) is 29.0 Å². The summed E-state index contributed by atoms with van der Waals surface area (Å²) < 4.78 is 12.8. The molecule has 0 aliphatic carbocycles. The number of nitrogens with one attached hydrogen (secondary N) is 1. The van der Waals surface area contributed by atoms with Crippen LogP contribution in [0.5, 0.6) is 0 Å². The van der Waals surface area contributed by atoms with E-state index in [1.54, 1.807) is 19.1 Å². The van der Waals surface area contributed by atoms with Gasteiger partial charge in [-0.05, 0) is 76.0 Å². The Hall–Kier alpha value is -4.52. The number of anilines is 1. The Bertz CT molecular complexity index is 1940. The van der Waals surface area contributed by atoms with Gasteiger partial charge in [-0.1, -0.05) is 35.9 Å². The number of rotatable bonds is 9. The molecule has 5 heterocycles. The first-order chi connectivity index (χ1) is 24.8. The van der Waals surface area contributed by atoms with Gasteiger partial charge >= 0.3 is 11.4 Å². The predicted molar refractivity (Wildman–Crippen MR) is 193 cm³/mol. The summed E-state index contributed by atoms with van der Waals surface area (Å²) in [5.74, 6) is 0.374. The Morgan fingerprint density at radius 1 is 0.981 bits per heavy atom. The van der Waals surface area contributed by atoms with E-state index < -0.39 is 60.4 Å². The maximum atomic E-state index is 11.5. The van der Waals surface area contributed by atoms with Gasteiger partial charge in [-0.2, -0.15) is 4.98 Å². The molecule has 0 saturated carbocycles. The number of aromatic nitrogens is 5. The maximum Gasteiger partial charge on any atom is 0.351 e. The Morgan fingerprint density at radius 2 is 1.71 bits per heavy atom. The lowest BCUT2D eigenvalue weighted by Gasteiger charge is -2.19. The van der Waals surface area contributed by atoms with Crippen LogP contribution in [-0.2, 0) is 9.47 Å². The van der Waals surface area contributed by atoms with Crippen LogP contribution in [-0.4, -0.2) is 108 Å². The van der Waals surface area contributed by atoms with Crippen LogP contribution in [0.1, 0.15) is 41.6 Å². The second-order valence-electron chi connectivity index (χ2n) is 12.3. The molecule has 0 amide bonds.